The Balaban J connectivity index is 3.71. The summed E-state index contributed by atoms with van der Waals surface area (Å²) >= 11 is 0. The molecule has 0 amide bonds. The Morgan fingerprint density at radius 1 is 1.50 bits per heavy atom. The number of ether oxygens (including phenoxy) is 1. The average Bonchev–Trinajstić information content (AvgIpc) is 2.34. The summed E-state index contributed by atoms with van der Waals surface area (Å²) in [6.07, 6.45) is -4.79. The smallest absolute Gasteiger partial charge is 0.417 e. The van der Waals surface area contributed by atoms with Crippen LogP contribution in [-0.4, -0.2) is 13.1 Å². The summed E-state index contributed by atoms with van der Waals surface area (Å²) in [6.45, 7) is -0.398. The topological polar surface area (TPSA) is 76.1 Å². The highest BCUT2D eigenvalue weighted by atomic mass is 19.4. The second-order valence-electron chi connectivity index (χ2n) is 3.33. The van der Waals surface area contributed by atoms with Gasteiger partial charge < -0.3 is 10.5 Å². The maximum atomic E-state index is 12.9. The maximum absolute atomic E-state index is 12.9. The van der Waals surface area contributed by atoms with Crippen LogP contribution in [0.5, 0.6) is 0 Å². The standard InChI is InChI=1S/C11H9F3N2O2/c1-18-10(17)8-6(4-15)2-3-7(5-16)9(8)11(12,13)14/h2-3H,5,16H2,1H3. The van der Waals surface area contributed by atoms with E-state index in [1.807, 2.05) is 0 Å². The van der Waals surface area contributed by atoms with Crippen molar-refractivity contribution in [1.82, 2.24) is 0 Å². The first-order valence-corrected chi connectivity index (χ1v) is 4.78. The van der Waals surface area contributed by atoms with Gasteiger partial charge in [-0.1, -0.05) is 6.07 Å². The van der Waals surface area contributed by atoms with E-state index in [4.69, 9.17) is 11.0 Å². The Morgan fingerprint density at radius 2 is 2.11 bits per heavy atom. The predicted octanol–water partition coefficient (Wildman–Crippen LogP) is 1.82. The van der Waals surface area contributed by atoms with Crippen LogP contribution in [0.2, 0.25) is 0 Å². The van der Waals surface area contributed by atoms with E-state index in [-0.39, 0.29) is 5.56 Å². The number of hydrogen-bond acceptors (Lipinski definition) is 4. The van der Waals surface area contributed by atoms with E-state index in [9.17, 15) is 18.0 Å². The van der Waals surface area contributed by atoms with Crippen LogP contribution in [0.3, 0.4) is 0 Å². The highest BCUT2D eigenvalue weighted by Crippen LogP contribution is 2.36. The van der Waals surface area contributed by atoms with Crippen LogP contribution in [0.25, 0.3) is 0 Å². The van der Waals surface area contributed by atoms with Crippen molar-refractivity contribution in [3.8, 4) is 6.07 Å². The summed E-state index contributed by atoms with van der Waals surface area (Å²) in [7, 11) is 0.943. The summed E-state index contributed by atoms with van der Waals surface area (Å²) in [5.41, 5.74) is 2.55. The average molecular weight is 258 g/mol. The van der Waals surface area contributed by atoms with E-state index < -0.39 is 35.4 Å². The lowest BCUT2D eigenvalue weighted by atomic mass is 9.95. The molecule has 0 saturated carbocycles. The van der Waals surface area contributed by atoms with Crippen molar-refractivity contribution in [3.05, 3.63) is 34.4 Å². The number of alkyl halides is 3. The number of nitriles is 1. The summed E-state index contributed by atoms with van der Waals surface area (Å²) < 4.78 is 43.1. The van der Waals surface area contributed by atoms with Gasteiger partial charge in [-0.15, -0.1) is 0 Å². The van der Waals surface area contributed by atoms with Gasteiger partial charge in [0.15, 0.2) is 0 Å². The van der Waals surface area contributed by atoms with Gasteiger partial charge in [0.2, 0.25) is 0 Å². The van der Waals surface area contributed by atoms with Gasteiger partial charge in [0.25, 0.3) is 0 Å². The first-order chi connectivity index (χ1) is 8.36. The Labute approximate surface area is 101 Å². The minimum atomic E-state index is -4.79. The molecule has 7 heteroatoms. The minimum absolute atomic E-state index is 0.262. The Bertz CT molecular complexity index is 518. The van der Waals surface area contributed by atoms with Gasteiger partial charge in [-0.05, 0) is 11.6 Å². The molecule has 2 N–H and O–H groups in total. The molecule has 4 nitrogen and oxygen atoms in total. The third-order valence-corrected chi connectivity index (χ3v) is 2.30. The van der Waals surface area contributed by atoms with Gasteiger partial charge in [-0.25, -0.2) is 4.79 Å². The molecule has 0 saturated heterocycles. The molecular weight excluding hydrogens is 249 g/mol. The van der Waals surface area contributed by atoms with Crippen molar-refractivity contribution in [2.24, 2.45) is 5.73 Å². The predicted molar refractivity (Wildman–Crippen MR) is 55.4 cm³/mol. The van der Waals surface area contributed by atoms with Crippen molar-refractivity contribution in [2.75, 3.05) is 7.11 Å². The van der Waals surface area contributed by atoms with Crippen LogP contribution in [0.4, 0.5) is 13.2 Å². The van der Waals surface area contributed by atoms with Crippen molar-refractivity contribution in [2.45, 2.75) is 12.7 Å². The summed E-state index contributed by atoms with van der Waals surface area (Å²) in [5.74, 6) is -1.21. The number of rotatable bonds is 2. The molecule has 0 aliphatic rings. The van der Waals surface area contributed by atoms with Crippen LogP contribution < -0.4 is 5.73 Å². The molecule has 18 heavy (non-hydrogen) atoms. The summed E-state index contributed by atoms with van der Waals surface area (Å²) in [6, 6.07) is 3.72. The summed E-state index contributed by atoms with van der Waals surface area (Å²) in [5, 5.41) is 8.76. The molecule has 1 rings (SSSR count). The Morgan fingerprint density at radius 3 is 2.50 bits per heavy atom. The lowest BCUT2D eigenvalue weighted by Crippen LogP contribution is -2.20. The number of halogens is 3. The van der Waals surface area contributed by atoms with Gasteiger partial charge in [-0.3, -0.25) is 0 Å². The Hall–Kier alpha value is -2.07. The molecule has 1 aromatic rings. The lowest BCUT2D eigenvalue weighted by Gasteiger charge is -2.16. The minimum Gasteiger partial charge on any atom is -0.465 e. The molecule has 0 atom stereocenters. The SMILES string of the molecule is COC(=O)c1c(C#N)ccc(CN)c1C(F)(F)F. The molecule has 0 bridgehead atoms. The van der Waals surface area contributed by atoms with Gasteiger partial charge in [0.05, 0.1) is 23.8 Å². The van der Waals surface area contributed by atoms with E-state index >= 15 is 0 Å². The zero-order valence-electron chi connectivity index (χ0n) is 9.34. The Kier molecular flexibility index (Phi) is 3.93. The highest BCUT2D eigenvalue weighted by molar-refractivity contribution is 5.94. The second kappa shape index (κ2) is 5.06. The van der Waals surface area contributed by atoms with Crippen LogP contribution in [-0.2, 0) is 17.5 Å². The molecule has 0 spiro atoms. The zero-order chi connectivity index (χ0) is 13.9. The molecule has 0 aliphatic carbocycles. The van der Waals surface area contributed by atoms with Gasteiger partial charge in [-0.2, -0.15) is 18.4 Å². The van der Waals surface area contributed by atoms with E-state index in [1.165, 1.54) is 6.07 Å². The highest BCUT2D eigenvalue weighted by Gasteiger charge is 2.39. The van der Waals surface area contributed by atoms with Crippen LogP contribution in [0.1, 0.15) is 27.0 Å². The lowest BCUT2D eigenvalue weighted by molar-refractivity contribution is -0.138. The number of hydrogen-bond donors (Lipinski definition) is 1. The number of benzene rings is 1. The number of nitrogens with zero attached hydrogens (tertiary/aromatic N) is 1. The third kappa shape index (κ3) is 2.43. The number of methoxy groups -OCH3 is 1. The first kappa shape index (κ1) is 14.0. The second-order valence-corrected chi connectivity index (χ2v) is 3.33. The monoisotopic (exact) mass is 258 g/mol. The normalized spacial score (nSPS) is 10.9. The molecule has 1 aromatic carbocycles. The number of esters is 1. The van der Waals surface area contributed by atoms with Crippen LogP contribution in [0, 0.1) is 11.3 Å². The third-order valence-electron chi connectivity index (χ3n) is 2.30. The zero-order valence-corrected chi connectivity index (χ0v) is 9.34. The fourth-order valence-corrected chi connectivity index (χ4v) is 1.55. The molecule has 0 radical (unpaired) electrons. The van der Waals surface area contributed by atoms with Gasteiger partial charge in [0, 0.05) is 6.54 Å². The van der Waals surface area contributed by atoms with Crippen molar-refractivity contribution in [3.63, 3.8) is 0 Å². The molecule has 96 valence electrons. The number of carbonyl (C=O) groups is 1. The van der Waals surface area contributed by atoms with Gasteiger partial charge in [0.1, 0.15) is 6.07 Å². The molecule has 0 fully saturated rings. The van der Waals surface area contributed by atoms with E-state index in [2.05, 4.69) is 4.74 Å². The number of carbonyl (C=O) groups excluding carboxylic acids is 1. The van der Waals surface area contributed by atoms with Crippen LogP contribution in [0.15, 0.2) is 12.1 Å². The first-order valence-electron chi connectivity index (χ1n) is 4.78. The molecule has 0 aromatic heterocycles. The van der Waals surface area contributed by atoms with E-state index in [0.29, 0.717) is 0 Å². The quantitative estimate of drug-likeness (QED) is 0.821. The maximum Gasteiger partial charge on any atom is 0.417 e. The molecular formula is C11H9F3N2O2. The molecule has 0 unspecified atom stereocenters. The van der Waals surface area contributed by atoms with E-state index in [1.54, 1.807) is 0 Å². The van der Waals surface area contributed by atoms with Crippen molar-refractivity contribution >= 4 is 5.97 Å². The summed E-state index contributed by atoms with van der Waals surface area (Å²) in [4.78, 5) is 11.4. The van der Waals surface area contributed by atoms with E-state index in [0.717, 1.165) is 19.2 Å². The van der Waals surface area contributed by atoms with Crippen molar-refractivity contribution < 1.29 is 22.7 Å². The largest absolute Gasteiger partial charge is 0.465 e. The van der Waals surface area contributed by atoms with Crippen LogP contribution >= 0.6 is 0 Å². The number of nitrogens with two attached hydrogens (primary N) is 1. The fraction of sp³-hybridized carbons (Fsp3) is 0.273. The fourth-order valence-electron chi connectivity index (χ4n) is 1.55. The molecule has 0 heterocycles. The van der Waals surface area contributed by atoms with Crippen molar-refractivity contribution in [1.29, 1.82) is 5.26 Å². The molecule has 0 aliphatic heterocycles. The van der Waals surface area contributed by atoms with Gasteiger partial charge >= 0.3 is 12.1 Å².